The van der Waals surface area contributed by atoms with Crippen molar-refractivity contribution in [3.8, 4) is 0 Å². The van der Waals surface area contributed by atoms with E-state index in [0.29, 0.717) is 18.2 Å². The van der Waals surface area contributed by atoms with E-state index in [9.17, 15) is 9.59 Å². The minimum Gasteiger partial charge on any atom is -0.480 e. The number of nitrogens with zero attached hydrogens (tertiary/aromatic N) is 2. The highest BCUT2D eigenvalue weighted by molar-refractivity contribution is 5.96. The van der Waals surface area contributed by atoms with Gasteiger partial charge in [0.25, 0.3) is 0 Å². The molecule has 1 aromatic rings. The second-order valence-electron chi connectivity index (χ2n) is 5.78. The molecule has 1 N–H and O–H groups in total. The van der Waals surface area contributed by atoms with Crippen LogP contribution in [0.15, 0.2) is 24.3 Å². The van der Waals surface area contributed by atoms with Gasteiger partial charge in [-0.05, 0) is 37.8 Å². The molecule has 0 aliphatic heterocycles. The first-order valence-electron chi connectivity index (χ1n) is 7.28. The van der Waals surface area contributed by atoms with Gasteiger partial charge in [0.15, 0.2) is 0 Å². The number of aryl methyl sites for hydroxylation is 1. The number of carboxylic acids is 1. The molecule has 0 bridgehead atoms. The molecule has 0 atom stereocenters. The fraction of sp³-hybridized carbons (Fsp3) is 0.500. The Labute approximate surface area is 125 Å². The Kier molecular flexibility index (Phi) is 4.83. The molecular formula is C16H22N2O3. The molecule has 1 fully saturated rings. The third-order valence-corrected chi connectivity index (χ3v) is 3.95. The van der Waals surface area contributed by atoms with Crippen LogP contribution in [0.25, 0.3) is 0 Å². The van der Waals surface area contributed by atoms with Crippen molar-refractivity contribution < 1.29 is 14.7 Å². The Hall–Kier alpha value is -2.04. The summed E-state index contributed by atoms with van der Waals surface area (Å²) in [7, 11) is 1.74. The zero-order valence-electron chi connectivity index (χ0n) is 12.6. The van der Waals surface area contributed by atoms with E-state index >= 15 is 0 Å². The predicted octanol–water partition coefficient (Wildman–Crippen LogP) is 2.74. The van der Waals surface area contributed by atoms with Crippen molar-refractivity contribution in [2.45, 2.75) is 26.2 Å². The molecule has 5 nitrogen and oxygen atoms in total. The largest absolute Gasteiger partial charge is 0.480 e. The first-order valence-corrected chi connectivity index (χ1v) is 7.28. The molecule has 114 valence electrons. The van der Waals surface area contributed by atoms with Crippen molar-refractivity contribution in [2.75, 3.05) is 25.0 Å². The van der Waals surface area contributed by atoms with E-state index in [2.05, 4.69) is 0 Å². The summed E-state index contributed by atoms with van der Waals surface area (Å²) in [5.74, 6) is -0.454. The molecule has 0 spiro atoms. The average molecular weight is 290 g/mol. The van der Waals surface area contributed by atoms with Gasteiger partial charge in [0.2, 0.25) is 0 Å². The van der Waals surface area contributed by atoms with E-state index in [-0.39, 0.29) is 12.6 Å². The van der Waals surface area contributed by atoms with Crippen molar-refractivity contribution in [3.05, 3.63) is 29.8 Å². The Bertz CT molecular complexity index is 509. The van der Waals surface area contributed by atoms with Crippen molar-refractivity contribution >= 4 is 17.7 Å². The third-order valence-electron chi connectivity index (χ3n) is 3.95. The normalized spacial score (nSPS) is 14.4. The topological polar surface area (TPSA) is 60.9 Å². The fourth-order valence-corrected chi connectivity index (χ4v) is 2.48. The molecule has 1 aliphatic rings. The minimum absolute atomic E-state index is 0.256. The maximum Gasteiger partial charge on any atom is 0.324 e. The van der Waals surface area contributed by atoms with Gasteiger partial charge < -0.3 is 10.0 Å². The van der Waals surface area contributed by atoms with Crippen LogP contribution in [0.3, 0.4) is 0 Å². The second-order valence-corrected chi connectivity index (χ2v) is 5.78. The van der Waals surface area contributed by atoms with Crippen LogP contribution in [0, 0.1) is 12.8 Å². The maximum absolute atomic E-state index is 12.5. The molecule has 0 aromatic heterocycles. The van der Waals surface area contributed by atoms with Crippen LogP contribution in [0.1, 0.15) is 24.8 Å². The molecule has 1 aliphatic carbocycles. The average Bonchev–Trinajstić information content (AvgIpc) is 2.40. The molecular weight excluding hydrogens is 268 g/mol. The highest BCUT2D eigenvalue weighted by Gasteiger charge is 2.26. The number of benzene rings is 1. The monoisotopic (exact) mass is 290 g/mol. The second kappa shape index (κ2) is 6.61. The summed E-state index contributed by atoms with van der Waals surface area (Å²) in [4.78, 5) is 26.5. The molecule has 0 unspecified atom stereocenters. The lowest BCUT2D eigenvalue weighted by Gasteiger charge is -2.33. The molecule has 2 rings (SSSR count). The van der Waals surface area contributed by atoms with Crippen LogP contribution in [0.4, 0.5) is 10.5 Å². The van der Waals surface area contributed by atoms with E-state index in [0.717, 1.165) is 18.4 Å². The molecule has 21 heavy (non-hydrogen) atoms. The number of aliphatic carboxylic acids is 1. The summed E-state index contributed by atoms with van der Waals surface area (Å²) in [6.07, 6.45) is 3.53. The van der Waals surface area contributed by atoms with Crippen LogP contribution in [-0.2, 0) is 4.79 Å². The number of carboxylic acid groups (broad SMARTS) is 1. The first-order chi connectivity index (χ1) is 9.97. The Morgan fingerprint density at radius 2 is 1.86 bits per heavy atom. The van der Waals surface area contributed by atoms with Gasteiger partial charge in [-0.25, -0.2) is 4.79 Å². The van der Waals surface area contributed by atoms with Crippen molar-refractivity contribution in [1.82, 2.24) is 4.90 Å². The number of anilines is 1. The van der Waals surface area contributed by atoms with Gasteiger partial charge in [-0.1, -0.05) is 24.1 Å². The Balaban J connectivity index is 2.11. The van der Waals surface area contributed by atoms with Crippen molar-refractivity contribution in [3.63, 3.8) is 0 Å². The van der Waals surface area contributed by atoms with Gasteiger partial charge >= 0.3 is 12.0 Å². The van der Waals surface area contributed by atoms with Gasteiger partial charge in [-0.15, -0.1) is 0 Å². The lowest BCUT2D eigenvalue weighted by atomic mass is 9.85. The van der Waals surface area contributed by atoms with Gasteiger partial charge in [0.1, 0.15) is 6.54 Å². The molecule has 0 heterocycles. The number of rotatable bonds is 5. The standard InChI is InChI=1S/C16H22N2O3/c1-12-6-8-14(9-7-12)18(11-15(19)20)16(21)17(2)10-13-4-3-5-13/h6-9,13H,3-5,10-11H2,1-2H3,(H,19,20). The predicted molar refractivity (Wildman–Crippen MR) is 81.5 cm³/mol. The van der Waals surface area contributed by atoms with Crippen LogP contribution in [0.2, 0.25) is 0 Å². The quantitative estimate of drug-likeness (QED) is 0.907. The molecule has 2 amide bonds. The Morgan fingerprint density at radius 1 is 1.24 bits per heavy atom. The highest BCUT2D eigenvalue weighted by atomic mass is 16.4. The lowest BCUT2D eigenvalue weighted by molar-refractivity contribution is -0.135. The fourth-order valence-electron chi connectivity index (χ4n) is 2.48. The first kappa shape index (κ1) is 15.4. The molecule has 1 aromatic carbocycles. The van der Waals surface area contributed by atoms with E-state index < -0.39 is 5.97 Å². The summed E-state index contributed by atoms with van der Waals surface area (Å²) in [5.41, 5.74) is 1.69. The maximum atomic E-state index is 12.5. The number of hydrogen-bond donors (Lipinski definition) is 1. The summed E-state index contributed by atoms with van der Waals surface area (Å²) < 4.78 is 0. The lowest BCUT2D eigenvalue weighted by Crippen LogP contribution is -2.46. The number of hydrogen-bond acceptors (Lipinski definition) is 2. The van der Waals surface area contributed by atoms with Gasteiger partial charge in [0.05, 0.1) is 0 Å². The summed E-state index contributed by atoms with van der Waals surface area (Å²) in [6, 6.07) is 7.07. The van der Waals surface area contributed by atoms with E-state index in [4.69, 9.17) is 5.11 Å². The van der Waals surface area contributed by atoms with Crippen LogP contribution in [-0.4, -0.2) is 42.1 Å². The van der Waals surface area contributed by atoms with Gasteiger partial charge in [0, 0.05) is 19.3 Å². The van der Waals surface area contributed by atoms with E-state index in [1.54, 1.807) is 24.1 Å². The summed E-state index contributed by atoms with van der Waals surface area (Å²) >= 11 is 0. The highest BCUT2D eigenvalue weighted by Crippen LogP contribution is 2.27. The third kappa shape index (κ3) is 3.97. The number of carbonyl (C=O) groups excluding carboxylic acids is 1. The number of urea groups is 1. The summed E-state index contributed by atoms with van der Waals surface area (Å²) in [5, 5.41) is 9.06. The van der Waals surface area contributed by atoms with Gasteiger partial charge in [-0.2, -0.15) is 0 Å². The smallest absolute Gasteiger partial charge is 0.324 e. The molecule has 5 heteroatoms. The number of amides is 2. The van der Waals surface area contributed by atoms with E-state index in [1.165, 1.54) is 11.3 Å². The minimum atomic E-state index is -1.01. The van der Waals surface area contributed by atoms with Crippen LogP contribution >= 0.6 is 0 Å². The Morgan fingerprint density at radius 3 is 2.33 bits per heavy atom. The van der Waals surface area contributed by atoms with Crippen LogP contribution in [0.5, 0.6) is 0 Å². The van der Waals surface area contributed by atoms with Gasteiger partial charge in [-0.3, -0.25) is 9.69 Å². The SMILES string of the molecule is Cc1ccc(N(CC(=O)O)C(=O)N(C)CC2CCC2)cc1. The molecule has 0 saturated heterocycles. The zero-order valence-corrected chi connectivity index (χ0v) is 12.6. The van der Waals surface area contributed by atoms with Crippen molar-refractivity contribution in [2.24, 2.45) is 5.92 Å². The molecule has 1 saturated carbocycles. The number of carbonyl (C=O) groups is 2. The zero-order chi connectivity index (χ0) is 15.4. The van der Waals surface area contributed by atoms with E-state index in [1.807, 2.05) is 19.1 Å². The molecule has 0 radical (unpaired) electrons. The summed E-state index contributed by atoms with van der Waals surface area (Å²) in [6.45, 7) is 2.33. The van der Waals surface area contributed by atoms with Crippen LogP contribution < -0.4 is 4.90 Å². The van der Waals surface area contributed by atoms with Crippen molar-refractivity contribution in [1.29, 1.82) is 0 Å².